The molecular weight excluding hydrogens is 526 g/mol. The van der Waals surface area contributed by atoms with Crippen LogP contribution >= 0.6 is 22.6 Å². The summed E-state index contributed by atoms with van der Waals surface area (Å²) in [6, 6.07) is 27.4. The molecule has 0 heterocycles. The molecule has 0 spiro atoms. The minimum absolute atomic E-state index is 0.489. The van der Waals surface area contributed by atoms with E-state index < -0.39 is 0 Å². The van der Waals surface area contributed by atoms with E-state index in [1.807, 2.05) is 24.3 Å². The second kappa shape index (κ2) is 10.7. The Balaban J connectivity index is 1.87. The summed E-state index contributed by atoms with van der Waals surface area (Å²) in [7, 11) is 3.40. The number of hydrogen-bond donors (Lipinski definition) is 0. The second-order valence-corrected chi connectivity index (χ2v) is 9.90. The van der Waals surface area contributed by atoms with Gasteiger partial charge in [0.2, 0.25) is 0 Å². The van der Waals surface area contributed by atoms with Gasteiger partial charge in [0.25, 0.3) is 0 Å². The predicted molar refractivity (Wildman–Crippen MR) is 127 cm³/mol. The fraction of sp³-hybridized carbons (Fsp3) is 0.167. The summed E-state index contributed by atoms with van der Waals surface area (Å²) in [5, 5.41) is 1.19. The number of methoxy groups -OCH3 is 2. The van der Waals surface area contributed by atoms with Crippen LogP contribution in [0.15, 0.2) is 82.4 Å². The molecule has 3 aromatic carbocycles. The van der Waals surface area contributed by atoms with E-state index in [9.17, 15) is 0 Å². The number of ether oxygens (including phenoxy) is 2. The van der Waals surface area contributed by atoms with Gasteiger partial charge in [0, 0.05) is 0 Å². The van der Waals surface area contributed by atoms with Crippen molar-refractivity contribution in [3.63, 3.8) is 0 Å². The van der Waals surface area contributed by atoms with Crippen molar-refractivity contribution in [2.24, 2.45) is 0 Å². The topological polar surface area (TPSA) is 18.5 Å². The van der Waals surface area contributed by atoms with Gasteiger partial charge in [0.15, 0.2) is 0 Å². The Bertz CT molecular complexity index is 854. The zero-order valence-corrected chi connectivity index (χ0v) is 19.9. The van der Waals surface area contributed by atoms with Crippen molar-refractivity contribution < 1.29 is 9.47 Å². The zero-order valence-electron chi connectivity index (χ0n) is 16.0. The molecule has 2 nitrogen and oxygen atoms in total. The van der Waals surface area contributed by atoms with Crippen molar-refractivity contribution in [1.29, 1.82) is 0 Å². The summed E-state index contributed by atoms with van der Waals surface area (Å²) in [6.45, 7) is 0. The normalized spacial score (nSPS) is 10.4. The number of benzene rings is 3. The molecule has 0 atom stereocenters. The third-order valence-electron chi connectivity index (χ3n) is 4.36. The molecular formula is C24H23IO2Se. The van der Waals surface area contributed by atoms with E-state index in [0.29, 0.717) is 15.0 Å². The molecule has 4 heteroatoms. The summed E-state index contributed by atoms with van der Waals surface area (Å²) in [5.41, 5.74) is 3.71. The van der Waals surface area contributed by atoms with Gasteiger partial charge in [-0.3, -0.25) is 0 Å². The molecule has 0 aliphatic heterocycles. The molecule has 0 amide bonds. The molecule has 0 aliphatic rings. The van der Waals surface area contributed by atoms with Gasteiger partial charge in [0.05, 0.1) is 0 Å². The van der Waals surface area contributed by atoms with Crippen LogP contribution in [0, 0.1) is 0 Å². The van der Waals surface area contributed by atoms with Gasteiger partial charge >= 0.3 is 188 Å². The quantitative estimate of drug-likeness (QED) is 0.264. The van der Waals surface area contributed by atoms with Crippen LogP contribution in [0.1, 0.15) is 17.5 Å². The van der Waals surface area contributed by atoms with Crippen molar-refractivity contribution in [2.45, 2.75) is 11.7 Å². The molecule has 0 bridgehead atoms. The molecule has 0 unspecified atom stereocenters. The molecule has 0 radical (unpaired) electrons. The SMILES string of the molecule is COc1ccc(C(=C(I)CC[Se]c2ccccc2)c2ccc(OC)cc2)cc1. The van der Waals surface area contributed by atoms with E-state index in [4.69, 9.17) is 9.47 Å². The van der Waals surface area contributed by atoms with Crippen LogP contribution < -0.4 is 13.9 Å². The molecule has 0 N–H and O–H groups in total. The molecule has 0 aliphatic carbocycles. The Morgan fingerprint density at radius 3 is 1.71 bits per heavy atom. The standard InChI is InChI=1S/C24H23IO2Se/c1-26-20-12-8-18(9-13-20)24(19-10-14-21(27-2)15-11-19)23(25)16-17-28-22-6-4-3-5-7-22/h3-15H,16-17H2,1-2H3. The first-order valence-corrected chi connectivity index (χ1v) is 12.2. The van der Waals surface area contributed by atoms with E-state index in [-0.39, 0.29) is 0 Å². The fourth-order valence-corrected chi connectivity index (χ4v) is 6.48. The van der Waals surface area contributed by atoms with Crippen molar-refractivity contribution in [2.75, 3.05) is 14.2 Å². The van der Waals surface area contributed by atoms with Crippen LogP contribution in [0.2, 0.25) is 5.32 Å². The second-order valence-electron chi connectivity index (χ2n) is 6.15. The van der Waals surface area contributed by atoms with E-state index in [1.165, 1.54) is 30.1 Å². The van der Waals surface area contributed by atoms with Crippen LogP contribution in [0.25, 0.3) is 5.57 Å². The zero-order chi connectivity index (χ0) is 19.8. The van der Waals surface area contributed by atoms with E-state index in [0.717, 1.165) is 17.9 Å². The first-order valence-electron chi connectivity index (χ1n) is 9.06. The summed E-state index contributed by atoms with van der Waals surface area (Å²) in [6.07, 6.45) is 1.07. The van der Waals surface area contributed by atoms with Gasteiger partial charge in [-0.05, 0) is 0 Å². The predicted octanol–water partition coefficient (Wildman–Crippen LogP) is 5.74. The van der Waals surface area contributed by atoms with Gasteiger partial charge in [-0.2, -0.15) is 0 Å². The van der Waals surface area contributed by atoms with Crippen molar-refractivity contribution in [1.82, 2.24) is 0 Å². The Hall–Kier alpha value is -1.75. The number of hydrogen-bond acceptors (Lipinski definition) is 2. The van der Waals surface area contributed by atoms with Crippen LogP contribution in [-0.4, -0.2) is 29.2 Å². The summed E-state index contributed by atoms with van der Waals surface area (Å²) >= 11 is 3.01. The monoisotopic (exact) mass is 550 g/mol. The van der Waals surface area contributed by atoms with Crippen LogP contribution in [0.4, 0.5) is 0 Å². The maximum atomic E-state index is 5.33. The summed E-state index contributed by atoms with van der Waals surface area (Å²) in [4.78, 5) is 0. The van der Waals surface area contributed by atoms with E-state index >= 15 is 0 Å². The van der Waals surface area contributed by atoms with Gasteiger partial charge < -0.3 is 0 Å². The van der Waals surface area contributed by atoms with E-state index in [1.54, 1.807) is 14.2 Å². The fourth-order valence-electron chi connectivity index (χ4n) is 2.90. The number of rotatable bonds is 8. The molecule has 3 aromatic rings. The Kier molecular flexibility index (Phi) is 8.01. The average molecular weight is 549 g/mol. The van der Waals surface area contributed by atoms with E-state index in [2.05, 4.69) is 77.2 Å². The maximum absolute atomic E-state index is 5.33. The average Bonchev–Trinajstić information content (AvgIpc) is 2.76. The molecule has 28 heavy (non-hydrogen) atoms. The van der Waals surface area contributed by atoms with Crippen molar-refractivity contribution in [3.8, 4) is 11.5 Å². The summed E-state index contributed by atoms with van der Waals surface area (Å²) in [5.74, 6) is 1.75. The number of allylic oxidation sites excluding steroid dienone is 1. The van der Waals surface area contributed by atoms with Gasteiger partial charge in [-0.25, -0.2) is 0 Å². The molecule has 0 saturated heterocycles. The Morgan fingerprint density at radius 1 is 0.750 bits per heavy atom. The molecule has 3 rings (SSSR count). The van der Waals surface area contributed by atoms with Crippen LogP contribution in [-0.2, 0) is 0 Å². The first-order chi connectivity index (χ1) is 13.7. The molecule has 0 aromatic heterocycles. The van der Waals surface area contributed by atoms with Gasteiger partial charge in [0.1, 0.15) is 0 Å². The molecule has 0 saturated carbocycles. The Labute approximate surface area is 187 Å². The van der Waals surface area contributed by atoms with Crippen LogP contribution in [0.5, 0.6) is 11.5 Å². The van der Waals surface area contributed by atoms with Crippen molar-refractivity contribution in [3.05, 3.63) is 93.6 Å². The van der Waals surface area contributed by atoms with Gasteiger partial charge in [-0.1, -0.05) is 0 Å². The minimum atomic E-state index is 0.489. The van der Waals surface area contributed by atoms with Gasteiger partial charge in [-0.15, -0.1) is 0 Å². The molecule has 144 valence electrons. The Morgan fingerprint density at radius 2 is 1.25 bits per heavy atom. The molecule has 0 fully saturated rings. The number of halogens is 1. The first kappa shape index (κ1) is 21.0. The summed E-state index contributed by atoms with van der Waals surface area (Å²) < 4.78 is 13.5. The van der Waals surface area contributed by atoms with Crippen LogP contribution in [0.3, 0.4) is 0 Å². The third-order valence-corrected chi connectivity index (χ3v) is 7.57. The van der Waals surface area contributed by atoms with Crippen molar-refractivity contribution >= 4 is 47.6 Å². The third kappa shape index (κ3) is 5.63.